The number of Topliss-reactive ketones (excluding diaryl/α,β-unsaturated/α-hetero) is 1. The number of aliphatic hydroxyl groups excluding tert-OH is 2. The Morgan fingerprint density at radius 2 is 1.34 bits per heavy atom. The number of ketones is 1. The maximum absolute atomic E-state index is 14.5. The number of aryl methyl sites for hydroxylation is 1. The molecule has 7 amide bonds. The van der Waals surface area contributed by atoms with Crippen molar-refractivity contribution >= 4 is 53.1 Å². The number of ether oxygens (including phenoxy) is 1. The highest BCUT2D eigenvalue weighted by atomic mass is 16.5. The topological polar surface area (TPSA) is 364 Å². The molecule has 14 N–H and O–H groups in total. The first kappa shape index (κ1) is 62.2. The van der Waals surface area contributed by atoms with E-state index < -0.39 is 108 Å². The molecule has 0 unspecified atom stereocenters. The van der Waals surface area contributed by atoms with E-state index in [4.69, 9.17) is 21.9 Å². The molecule has 3 aliphatic heterocycles. The summed E-state index contributed by atoms with van der Waals surface area (Å²) in [5.74, 6) is -5.92. The predicted molar refractivity (Wildman–Crippen MR) is 309 cm³/mol. The summed E-state index contributed by atoms with van der Waals surface area (Å²) < 4.78 is 5.87. The standard InChI is InChI=1S/C60H77N11O12/c1-4-5-6-29-83-43-23-21-40(22-24-43)38-15-13-37(14-16-38)39-17-19-41(20-18-39)53(76)66-45-9-7-27-64-56(79)48-31-42(65-60(62)63)33-71(48)59(82)52(35(3)73)69-55(78)46(25-11-36-12-26-49(74)44(30-36)50(75)32-61)67-57(80)47-10-8-28-70(47)58(81)51(34(2)72)68-54(45)77/h12-24,26,30,34-35,42,45-48,51-52,72-74H,4-11,25,27-29,31-33,61H2,1-3H3,(H,64,79)(H,66,76)(H,67,80)(H,68,77)(H,69,78)(H4,62,63,65)/t34-,35-,42+,45+,46+,47+,48+,51+,52+/m1/s1. The average Bonchev–Trinajstić information content (AvgIpc) is 4.37. The summed E-state index contributed by atoms with van der Waals surface area (Å²) in [6.07, 6.45) is 0.359. The molecular weight excluding hydrogens is 1070 g/mol. The van der Waals surface area contributed by atoms with Crippen molar-refractivity contribution in [3.63, 3.8) is 0 Å². The number of hydrogen-bond acceptors (Lipinski definition) is 14. The first-order chi connectivity index (χ1) is 39.8. The molecule has 0 aromatic heterocycles. The molecule has 4 aromatic carbocycles. The fourth-order valence-corrected chi connectivity index (χ4v) is 10.6. The predicted octanol–water partition coefficient (Wildman–Crippen LogP) is 1.53. The normalized spacial score (nSPS) is 22.8. The number of phenolic OH excluding ortho intramolecular Hbond substituents is 1. The lowest BCUT2D eigenvalue weighted by atomic mass is 9.99. The largest absolute Gasteiger partial charge is 0.507 e. The van der Waals surface area contributed by atoms with Crippen LogP contribution in [-0.2, 0) is 35.2 Å². The van der Waals surface area contributed by atoms with E-state index in [1.54, 1.807) is 24.3 Å². The second-order valence-electron chi connectivity index (χ2n) is 21.4. The molecular formula is C60H77N11O12. The number of carbonyl (C=O) groups is 8. The van der Waals surface area contributed by atoms with Gasteiger partial charge in [0.25, 0.3) is 5.91 Å². The number of aliphatic hydroxyl groups is 2. The minimum Gasteiger partial charge on any atom is -0.507 e. The summed E-state index contributed by atoms with van der Waals surface area (Å²) in [7, 11) is 0. The molecule has 0 bridgehead atoms. The molecule has 7 rings (SSSR count). The van der Waals surface area contributed by atoms with E-state index in [0.29, 0.717) is 18.6 Å². The Labute approximate surface area is 482 Å². The third kappa shape index (κ3) is 16.2. The highest BCUT2D eigenvalue weighted by Crippen LogP contribution is 2.29. The molecule has 0 aliphatic carbocycles. The van der Waals surface area contributed by atoms with Crippen molar-refractivity contribution in [1.29, 1.82) is 0 Å². The Kier molecular flexibility index (Phi) is 21.7. The summed E-state index contributed by atoms with van der Waals surface area (Å²) in [5, 5.41) is 46.0. The van der Waals surface area contributed by atoms with Gasteiger partial charge >= 0.3 is 0 Å². The van der Waals surface area contributed by atoms with Crippen LogP contribution in [0.4, 0.5) is 0 Å². The number of phenols is 1. The fraction of sp³-hybridized carbons (Fsp3) is 0.450. The zero-order valence-corrected chi connectivity index (χ0v) is 47.1. The number of guanidine groups is 1. The van der Waals surface area contributed by atoms with E-state index in [0.717, 1.165) is 52.2 Å². The van der Waals surface area contributed by atoms with Crippen molar-refractivity contribution in [1.82, 2.24) is 36.4 Å². The van der Waals surface area contributed by atoms with Crippen LogP contribution in [0.15, 0.2) is 96.0 Å². The van der Waals surface area contributed by atoms with Crippen molar-refractivity contribution in [2.75, 3.05) is 32.8 Å². The maximum Gasteiger partial charge on any atom is 0.251 e. The van der Waals surface area contributed by atoms with Gasteiger partial charge in [-0.15, -0.1) is 0 Å². The van der Waals surface area contributed by atoms with Gasteiger partial charge in [0.2, 0.25) is 35.4 Å². The monoisotopic (exact) mass is 1140 g/mol. The Bertz CT molecular complexity index is 2990. The van der Waals surface area contributed by atoms with Crippen LogP contribution in [0, 0.1) is 0 Å². The minimum absolute atomic E-state index is 0.0129. The number of benzene rings is 4. The molecule has 0 saturated carbocycles. The summed E-state index contributed by atoms with van der Waals surface area (Å²) >= 11 is 0. The van der Waals surface area contributed by atoms with Gasteiger partial charge in [0, 0.05) is 31.6 Å². The van der Waals surface area contributed by atoms with Crippen LogP contribution in [0.25, 0.3) is 22.3 Å². The van der Waals surface area contributed by atoms with Crippen LogP contribution in [-0.4, -0.2) is 165 Å². The zero-order valence-electron chi connectivity index (χ0n) is 47.1. The molecule has 3 fully saturated rings. The number of unbranched alkanes of at least 4 members (excludes halogenated alkanes) is 2. The molecule has 4 aromatic rings. The van der Waals surface area contributed by atoms with Crippen LogP contribution >= 0.6 is 0 Å². The van der Waals surface area contributed by atoms with Crippen molar-refractivity contribution in [3.05, 3.63) is 108 Å². The first-order valence-electron chi connectivity index (χ1n) is 28.3. The molecule has 3 aliphatic rings. The number of nitrogens with one attached hydrogen (secondary N) is 5. The van der Waals surface area contributed by atoms with E-state index in [1.165, 1.54) is 36.9 Å². The third-order valence-corrected chi connectivity index (χ3v) is 15.2. The van der Waals surface area contributed by atoms with Gasteiger partial charge in [-0.3, -0.25) is 38.4 Å². The second kappa shape index (κ2) is 29.0. The lowest BCUT2D eigenvalue weighted by Gasteiger charge is -2.32. The van der Waals surface area contributed by atoms with E-state index in [2.05, 4.69) is 38.5 Å². The van der Waals surface area contributed by atoms with Gasteiger partial charge in [0.15, 0.2) is 11.7 Å². The van der Waals surface area contributed by atoms with E-state index in [1.807, 2.05) is 48.5 Å². The van der Waals surface area contributed by atoms with Gasteiger partial charge in [-0.05, 0) is 123 Å². The summed E-state index contributed by atoms with van der Waals surface area (Å²) in [4.78, 5) is 120. The first-order valence-corrected chi connectivity index (χ1v) is 28.3. The van der Waals surface area contributed by atoms with Crippen molar-refractivity contribution in [2.45, 2.75) is 139 Å². The minimum atomic E-state index is -1.68. The van der Waals surface area contributed by atoms with Crippen LogP contribution in [0.2, 0.25) is 0 Å². The number of aliphatic imine (C=N–C) groups is 1. The highest BCUT2D eigenvalue weighted by Gasteiger charge is 2.45. The molecule has 9 atom stereocenters. The molecule has 444 valence electrons. The molecule has 0 radical (unpaired) electrons. The molecule has 3 heterocycles. The quantitative estimate of drug-likeness (QED) is 0.0309. The van der Waals surface area contributed by atoms with Gasteiger partial charge in [0.05, 0.1) is 37.0 Å². The second-order valence-corrected chi connectivity index (χ2v) is 21.4. The van der Waals surface area contributed by atoms with Gasteiger partial charge in [0.1, 0.15) is 47.8 Å². The molecule has 23 nitrogen and oxygen atoms in total. The Morgan fingerprint density at radius 3 is 1.94 bits per heavy atom. The third-order valence-electron chi connectivity index (χ3n) is 15.2. The number of hydrogen-bond donors (Lipinski definition) is 11. The number of amides is 7. The molecule has 23 heteroatoms. The zero-order chi connectivity index (χ0) is 59.9. The Hall–Kier alpha value is -8.41. The van der Waals surface area contributed by atoms with Gasteiger partial charge in [-0.2, -0.15) is 0 Å². The average molecular weight is 1140 g/mol. The maximum atomic E-state index is 14.5. The molecule has 83 heavy (non-hydrogen) atoms. The van der Waals surface area contributed by atoms with Crippen LogP contribution in [0.3, 0.4) is 0 Å². The fourth-order valence-electron chi connectivity index (χ4n) is 10.6. The smallest absolute Gasteiger partial charge is 0.251 e. The molecule has 0 spiro atoms. The lowest BCUT2D eigenvalue weighted by molar-refractivity contribution is -0.145. The van der Waals surface area contributed by atoms with Gasteiger partial charge in [-0.1, -0.05) is 74.4 Å². The number of carbonyl (C=O) groups excluding carboxylic acids is 8. The highest BCUT2D eigenvalue weighted by molar-refractivity contribution is 6.01. The van der Waals surface area contributed by atoms with E-state index >= 15 is 0 Å². The summed E-state index contributed by atoms with van der Waals surface area (Å²) in [6, 6.07) is 17.5. The Morgan fingerprint density at radius 1 is 0.735 bits per heavy atom. The number of nitrogens with zero attached hydrogens (tertiary/aromatic N) is 3. The lowest BCUT2D eigenvalue weighted by Crippen LogP contribution is -2.61. The van der Waals surface area contributed by atoms with Gasteiger partial charge < -0.3 is 73.6 Å². The summed E-state index contributed by atoms with van der Waals surface area (Å²) in [5.41, 5.74) is 21.4. The van der Waals surface area contributed by atoms with E-state index in [-0.39, 0.29) is 81.0 Å². The van der Waals surface area contributed by atoms with Crippen molar-refractivity contribution in [3.8, 4) is 33.8 Å². The van der Waals surface area contributed by atoms with Crippen LogP contribution < -0.4 is 48.5 Å². The summed E-state index contributed by atoms with van der Waals surface area (Å²) in [6.45, 7) is 4.72. The number of fused-ring (bicyclic) bond motifs is 2. The number of aromatic hydroxyl groups is 1. The van der Waals surface area contributed by atoms with Crippen molar-refractivity contribution < 1.29 is 58.4 Å². The molecule has 3 saturated heterocycles. The number of rotatable bonds is 17. The van der Waals surface area contributed by atoms with Crippen molar-refractivity contribution in [2.24, 2.45) is 22.2 Å². The van der Waals surface area contributed by atoms with Crippen LogP contribution in [0.1, 0.15) is 105 Å². The van der Waals surface area contributed by atoms with Crippen LogP contribution in [0.5, 0.6) is 11.5 Å². The Balaban J connectivity index is 1.14. The van der Waals surface area contributed by atoms with Gasteiger partial charge in [-0.25, -0.2) is 4.99 Å². The van der Waals surface area contributed by atoms with E-state index in [9.17, 15) is 53.7 Å². The SMILES string of the molecule is CCCCCOc1ccc(-c2ccc(-c3ccc(C(=O)N[C@H]4CCCNC(=O)[C@@H]5C[C@H](N=C(N)N)CN5C(=O)[C@H]([C@@H](C)O)NC(=O)[C@H](CCc5ccc(O)c(C(=O)CN)c5)NC(=O)[C@@H]5CCCN5C(=O)[C@H]([C@@H](C)O)NC4=O)cc3)cc2)cc1. The number of nitrogens with two attached hydrogens (primary N) is 3.